The van der Waals surface area contributed by atoms with E-state index in [-0.39, 0.29) is 24.8 Å². The number of benzene rings is 2. The molecule has 2 nitrogen and oxygen atoms in total. The van der Waals surface area contributed by atoms with Gasteiger partial charge in [-0.15, -0.1) is 0 Å². The van der Waals surface area contributed by atoms with Crippen molar-refractivity contribution in [1.29, 1.82) is 0 Å². The average Bonchev–Trinajstić information content (AvgIpc) is 3.71. The molecule has 0 heterocycles. The smallest absolute Gasteiger partial charge is 1.00 e. The molecular formula is C46H65Cl2O2Si3Zr. The van der Waals surface area contributed by atoms with Gasteiger partial charge in [-0.2, -0.15) is 0 Å². The second kappa shape index (κ2) is 18.8. The average molecular weight is 896 g/mol. The SMILES string of the molecule is C[Si](C)(OC1=CC2=C(CCCC2)[CH]1[Zr+2]([CH]1C(O[Si](C)(C)C2CCCCC2)=CC2=C1CCCC2)[SiH](c1ccccc1)c1ccccc1)C1CCCCC1.[Cl-].[Cl-]. The predicted octanol–water partition coefficient (Wildman–Crippen LogP) is 6.38. The first-order valence-electron chi connectivity index (χ1n) is 21.5. The van der Waals surface area contributed by atoms with Crippen LogP contribution < -0.4 is 35.2 Å². The van der Waals surface area contributed by atoms with Crippen LogP contribution in [0.3, 0.4) is 0 Å². The molecule has 6 aliphatic rings. The molecule has 2 unspecified atom stereocenters. The van der Waals surface area contributed by atoms with Gasteiger partial charge in [0.2, 0.25) is 0 Å². The second-order valence-corrected chi connectivity index (χ2v) is 42.5. The van der Waals surface area contributed by atoms with Crippen LogP contribution in [0.15, 0.2) is 107 Å². The van der Waals surface area contributed by atoms with Gasteiger partial charge in [-0.3, -0.25) is 0 Å². The Balaban J connectivity index is 0.00000249. The molecule has 0 spiro atoms. The van der Waals surface area contributed by atoms with E-state index in [0.29, 0.717) is 7.25 Å². The fraction of sp³-hybridized carbons (Fsp3) is 0.565. The van der Waals surface area contributed by atoms with Crippen molar-refractivity contribution in [2.75, 3.05) is 0 Å². The zero-order chi connectivity index (χ0) is 35.7. The van der Waals surface area contributed by atoms with Crippen LogP contribution in [0.1, 0.15) is 116 Å². The van der Waals surface area contributed by atoms with Gasteiger partial charge in [0.1, 0.15) is 0 Å². The molecule has 0 amide bonds. The van der Waals surface area contributed by atoms with E-state index in [9.17, 15) is 0 Å². The van der Waals surface area contributed by atoms with Gasteiger partial charge in [0.05, 0.1) is 0 Å². The number of rotatable bonds is 11. The minimum atomic E-state index is -2.72. The minimum Gasteiger partial charge on any atom is -1.00 e. The van der Waals surface area contributed by atoms with Gasteiger partial charge in [-0.05, 0) is 0 Å². The molecule has 0 bridgehead atoms. The van der Waals surface area contributed by atoms with Gasteiger partial charge < -0.3 is 24.8 Å². The summed E-state index contributed by atoms with van der Waals surface area (Å²) in [5, 5.41) is 3.34. The fourth-order valence-corrected chi connectivity index (χ4v) is 45.0. The van der Waals surface area contributed by atoms with Crippen LogP contribution in [-0.4, -0.2) is 22.6 Å². The first-order valence-corrected chi connectivity index (χ1v) is 36.3. The van der Waals surface area contributed by atoms with Crippen molar-refractivity contribution in [2.45, 2.75) is 160 Å². The third kappa shape index (κ3) is 9.05. The quantitative estimate of drug-likeness (QED) is 0.244. The van der Waals surface area contributed by atoms with Gasteiger partial charge in [0.15, 0.2) is 0 Å². The predicted molar refractivity (Wildman–Crippen MR) is 225 cm³/mol. The summed E-state index contributed by atoms with van der Waals surface area (Å²) in [4.78, 5) is 0. The maximum Gasteiger partial charge on any atom is -1.00 e. The summed E-state index contributed by atoms with van der Waals surface area (Å²) >= 11 is -2.72. The van der Waals surface area contributed by atoms with Gasteiger partial charge in [-0.1, -0.05) is 0 Å². The van der Waals surface area contributed by atoms with E-state index in [1.165, 1.54) is 127 Å². The molecule has 54 heavy (non-hydrogen) atoms. The van der Waals surface area contributed by atoms with Crippen molar-refractivity contribution in [1.82, 2.24) is 0 Å². The molecule has 2 aromatic rings. The topological polar surface area (TPSA) is 18.5 Å². The molecule has 2 atom stereocenters. The molecule has 2 aromatic carbocycles. The monoisotopic (exact) mass is 893 g/mol. The third-order valence-corrected chi connectivity index (χ3v) is 43.8. The van der Waals surface area contributed by atoms with Crippen molar-refractivity contribution in [3.05, 3.63) is 107 Å². The maximum atomic E-state index is 7.83. The molecule has 2 fully saturated rings. The number of allylic oxidation sites excluding steroid dienone is 6. The van der Waals surface area contributed by atoms with E-state index in [2.05, 4.69) is 99.0 Å². The minimum absolute atomic E-state index is 0. The van der Waals surface area contributed by atoms with Crippen molar-refractivity contribution in [2.24, 2.45) is 0 Å². The van der Waals surface area contributed by atoms with Crippen LogP contribution in [-0.2, 0) is 29.8 Å². The molecule has 0 aliphatic heterocycles. The molecule has 0 radical (unpaired) electrons. The third-order valence-electron chi connectivity index (χ3n) is 14.2. The number of hydrogen-bond acceptors (Lipinski definition) is 2. The summed E-state index contributed by atoms with van der Waals surface area (Å²) in [6.07, 6.45) is 29.7. The Bertz CT molecular complexity index is 1570. The fourth-order valence-electron chi connectivity index (χ4n) is 11.4. The van der Waals surface area contributed by atoms with Crippen molar-refractivity contribution in [3.8, 4) is 0 Å². The van der Waals surface area contributed by atoms with Gasteiger partial charge >= 0.3 is 329 Å². The first-order chi connectivity index (χ1) is 25.3. The number of halogens is 2. The van der Waals surface area contributed by atoms with Crippen molar-refractivity contribution >= 4 is 32.9 Å². The van der Waals surface area contributed by atoms with Gasteiger partial charge in [-0.25, -0.2) is 0 Å². The molecule has 291 valence electrons. The van der Waals surface area contributed by atoms with E-state index in [1.54, 1.807) is 21.5 Å². The van der Waals surface area contributed by atoms with E-state index >= 15 is 0 Å². The van der Waals surface area contributed by atoms with Crippen LogP contribution in [0.2, 0.25) is 44.5 Å². The Hall–Kier alpha value is -0.886. The number of hydrogen-bond donors (Lipinski definition) is 0. The summed E-state index contributed by atoms with van der Waals surface area (Å²) in [5.41, 5.74) is 8.60. The molecule has 2 saturated carbocycles. The molecule has 0 saturated heterocycles. The molecule has 8 rings (SSSR count). The van der Waals surface area contributed by atoms with E-state index in [0.717, 1.165) is 11.1 Å². The van der Waals surface area contributed by atoms with Crippen LogP contribution in [0.5, 0.6) is 0 Å². The van der Waals surface area contributed by atoms with Crippen LogP contribution in [0.4, 0.5) is 0 Å². The zero-order valence-electron chi connectivity index (χ0n) is 33.6. The summed E-state index contributed by atoms with van der Waals surface area (Å²) < 4.78 is 16.7. The molecule has 8 heteroatoms. The van der Waals surface area contributed by atoms with Gasteiger partial charge in [0, 0.05) is 0 Å². The Labute approximate surface area is 351 Å². The Kier molecular flexibility index (Phi) is 14.9. The zero-order valence-corrected chi connectivity index (χ0v) is 40.7. The summed E-state index contributed by atoms with van der Waals surface area (Å²) in [5.74, 6) is 1.25. The summed E-state index contributed by atoms with van der Waals surface area (Å²) in [7, 11) is -3.93. The van der Waals surface area contributed by atoms with Gasteiger partial charge in [0.25, 0.3) is 0 Å². The van der Waals surface area contributed by atoms with E-state index in [1.807, 2.05) is 11.1 Å². The normalized spacial score (nSPS) is 23.9. The standard InChI is InChI=1S/2C17H27OSi.C12H11Si.2ClH.Zr/c2*1-19(2,17-10-4-3-5-11-17)18-16-12-14-8-6-7-9-15(14)13-16;1-3-7-11(8-4-1)13-12-9-5-2-6-10-12;;;/h2*12-13,17H,3-11H2,1-2H3;1-10,13H;2*1H;/q;;;;;+2/p-2. The molecule has 0 aromatic heterocycles. The summed E-state index contributed by atoms with van der Waals surface area (Å²) in [6, 6.07) is 24.0. The van der Waals surface area contributed by atoms with Crippen LogP contribution in [0, 0.1) is 0 Å². The Morgan fingerprint density at radius 2 is 0.870 bits per heavy atom. The molecule has 6 aliphatic carbocycles. The van der Waals surface area contributed by atoms with Crippen LogP contribution >= 0.6 is 0 Å². The van der Waals surface area contributed by atoms with Crippen molar-refractivity contribution < 1.29 is 54.6 Å². The Morgan fingerprint density at radius 3 is 1.26 bits per heavy atom. The maximum absolute atomic E-state index is 7.83. The largest absolute Gasteiger partial charge is 1.00 e. The first kappa shape index (κ1) is 42.7. The summed E-state index contributed by atoms with van der Waals surface area (Å²) in [6.45, 7) is 10.4. The second-order valence-electron chi connectivity index (χ2n) is 18.3. The van der Waals surface area contributed by atoms with Crippen LogP contribution in [0.25, 0.3) is 0 Å². The van der Waals surface area contributed by atoms with E-state index < -0.39 is 43.5 Å². The molecular weight excluding hydrogens is 831 g/mol. The molecule has 0 N–H and O–H groups in total. The Morgan fingerprint density at radius 1 is 0.500 bits per heavy atom. The van der Waals surface area contributed by atoms with Crippen molar-refractivity contribution in [3.63, 3.8) is 0 Å². The van der Waals surface area contributed by atoms with E-state index in [4.69, 9.17) is 8.85 Å².